The quantitative estimate of drug-likeness (QED) is 0.276. The third kappa shape index (κ3) is 5.29. The van der Waals surface area contributed by atoms with Crippen molar-refractivity contribution < 1.29 is 19.1 Å². The molecule has 1 N–H and O–H groups in total. The first-order valence-corrected chi connectivity index (χ1v) is 11.4. The third-order valence-electron chi connectivity index (χ3n) is 5.75. The normalized spacial score (nSPS) is 15.4. The van der Waals surface area contributed by atoms with Crippen LogP contribution in [0.3, 0.4) is 0 Å². The van der Waals surface area contributed by atoms with Crippen LogP contribution in [0.2, 0.25) is 0 Å². The molecule has 6 nitrogen and oxygen atoms in total. The summed E-state index contributed by atoms with van der Waals surface area (Å²) in [7, 11) is 0. The van der Waals surface area contributed by atoms with Gasteiger partial charge < -0.3 is 9.47 Å². The van der Waals surface area contributed by atoms with Crippen LogP contribution < -0.4 is 19.9 Å². The maximum atomic E-state index is 12.8. The number of benzene rings is 3. The second-order valence-corrected chi connectivity index (χ2v) is 8.09. The second-order valence-electron chi connectivity index (χ2n) is 8.09. The fourth-order valence-electron chi connectivity index (χ4n) is 3.73. The zero-order valence-electron chi connectivity index (χ0n) is 19.4. The molecule has 34 heavy (non-hydrogen) atoms. The number of hydrogen-bond donors (Lipinski definition) is 1. The number of nitrogens with zero attached hydrogens (tertiary/aromatic N) is 1. The molecule has 0 saturated carbocycles. The van der Waals surface area contributed by atoms with Crippen molar-refractivity contribution in [3.05, 3.63) is 95.6 Å². The number of carbonyl (C=O) groups is 2. The summed E-state index contributed by atoms with van der Waals surface area (Å²) in [5.41, 5.74) is 5.19. The summed E-state index contributed by atoms with van der Waals surface area (Å²) < 4.78 is 11.8. The van der Waals surface area contributed by atoms with E-state index in [1.165, 1.54) is 10.6 Å². The van der Waals surface area contributed by atoms with Gasteiger partial charge in [0.05, 0.1) is 5.69 Å². The molecule has 6 heteroatoms. The SMILES string of the molecule is CC[C@@H](C)c1ccccc1OCCOc1cccc(/C=C2\C(=O)NN(c3ccccc3)C2=O)c1. The van der Waals surface area contributed by atoms with Crippen LogP contribution >= 0.6 is 0 Å². The van der Waals surface area contributed by atoms with E-state index in [1.807, 2.05) is 54.6 Å². The Morgan fingerprint density at radius 1 is 0.912 bits per heavy atom. The zero-order chi connectivity index (χ0) is 23.9. The van der Waals surface area contributed by atoms with E-state index in [9.17, 15) is 9.59 Å². The molecule has 0 unspecified atom stereocenters. The second kappa shape index (κ2) is 10.7. The molecular formula is C28H28N2O4. The summed E-state index contributed by atoms with van der Waals surface area (Å²) in [6.07, 6.45) is 2.62. The van der Waals surface area contributed by atoms with Crippen LogP contribution in [0.1, 0.15) is 37.3 Å². The van der Waals surface area contributed by atoms with Gasteiger partial charge in [-0.15, -0.1) is 0 Å². The molecule has 1 aliphatic rings. The van der Waals surface area contributed by atoms with Crippen molar-refractivity contribution in [2.75, 3.05) is 18.2 Å². The van der Waals surface area contributed by atoms with Gasteiger partial charge in [0.25, 0.3) is 11.8 Å². The molecule has 0 spiro atoms. The topological polar surface area (TPSA) is 67.9 Å². The van der Waals surface area contributed by atoms with E-state index in [1.54, 1.807) is 24.3 Å². The zero-order valence-corrected chi connectivity index (χ0v) is 19.4. The largest absolute Gasteiger partial charge is 0.490 e. The molecule has 0 aromatic heterocycles. The van der Waals surface area contributed by atoms with E-state index in [0.717, 1.165) is 12.2 Å². The van der Waals surface area contributed by atoms with E-state index < -0.39 is 11.8 Å². The lowest BCUT2D eigenvalue weighted by atomic mass is 9.98. The molecule has 174 valence electrons. The molecule has 1 aliphatic heterocycles. The fraction of sp³-hybridized carbons (Fsp3) is 0.214. The smallest absolute Gasteiger partial charge is 0.282 e. The van der Waals surface area contributed by atoms with Gasteiger partial charge in [-0.2, -0.15) is 0 Å². The molecule has 3 aromatic carbocycles. The fourth-order valence-corrected chi connectivity index (χ4v) is 3.73. The minimum absolute atomic E-state index is 0.0750. The standard InChI is InChI=1S/C28H28N2O4/c1-3-20(2)24-14-7-8-15-26(24)34-17-16-33-23-13-9-10-21(18-23)19-25-27(31)29-30(28(25)32)22-11-5-4-6-12-22/h4-15,18-20H,3,16-17H2,1-2H3,(H,29,31)/b25-19+/t20-/m1/s1. The van der Waals surface area contributed by atoms with Gasteiger partial charge >= 0.3 is 0 Å². The Morgan fingerprint density at radius 2 is 1.65 bits per heavy atom. The minimum Gasteiger partial charge on any atom is -0.490 e. The monoisotopic (exact) mass is 456 g/mol. The summed E-state index contributed by atoms with van der Waals surface area (Å²) in [6, 6.07) is 24.4. The summed E-state index contributed by atoms with van der Waals surface area (Å²) >= 11 is 0. The van der Waals surface area contributed by atoms with Gasteiger partial charge in [-0.05, 0) is 59.9 Å². The molecule has 1 fully saturated rings. The van der Waals surface area contributed by atoms with E-state index in [0.29, 0.717) is 36.1 Å². The van der Waals surface area contributed by atoms with Crippen molar-refractivity contribution in [3.8, 4) is 11.5 Å². The Balaban J connectivity index is 1.38. The highest BCUT2D eigenvalue weighted by Crippen LogP contribution is 2.28. The highest BCUT2D eigenvalue weighted by Gasteiger charge is 2.34. The van der Waals surface area contributed by atoms with Crippen LogP contribution in [0.15, 0.2) is 84.4 Å². The number of hydrogen-bond acceptors (Lipinski definition) is 4. The summed E-state index contributed by atoms with van der Waals surface area (Å²) in [4.78, 5) is 25.2. The first-order valence-electron chi connectivity index (χ1n) is 11.4. The molecule has 3 aromatic rings. The summed E-state index contributed by atoms with van der Waals surface area (Å²) in [6.45, 7) is 5.13. The maximum Gasteiger partial charge on any atom is 0.282 e. The van der Waals surface area contributed by atoms with Crippen LogP contribution in [0.25, 0.3) is 6.08 Å². The molecule has 1 atom stereocenters. The number of carbonyl (C=O) groups excluding carboxylic acids is 2. The molecule has 0 radical (unpaired) electrons. The molecule has 0 bridgehead atoms. The number of anilines is 1. The van der Waals surface area contributed by atoms with Crippen LogP contribution in [0.5, 0.6) is 11.5 Å². The Kier molecular flexibility index (Phi) is 7.28. The number of amides is 2. The van der Waals surface area contributed by atoms with Gasteiger partial charge in [0.1, 0.15) is 30.3 Å². The maximum absolute atomic E-state index is 12.8. The number of nitrogens with one attached hydrogen (secondary N) is 1. The lowest BCUT2D eigenvalue weighted by Crippen LogP contribution is -2.35. The van der Waals surface area contributed by atoms with Crippen LogP contribution in [-0.2, 0) is 9.59 Å². The van der Waals surface area contributed by atoms with Crippen molar-refractivity contribution in [3.63, 3.8) is 0 Å². The number of para-hydroxylation sites is 2. The Bertz CT molecular complexity index is 1190. The van der Waals surface area contributed by atoms with Crippen molar-refractivity contribution in [2.45, 2.75) is 26.2 Å². The van der Waals surface area contributed by atoms with E-state index in [2.05, 4.69) is 25.3 Å². The van der Waals surface area contributed by atoms with Crippen LogP contribution in [-0.4, -0.2) is 25.0 Å². The predicted octanol–water partition coefficient (Wildman–Crippen LogP) is 5.12. The highest BCUT2D eigenvalue weighted by atomic mass is 16.5. The van der Waals surface area contributed by atoms with Gasteiger partial charge in [-0.25, -0.2) is 5.01 Å². The van der Waals surface area contributed by atoms with Gasteiger partial charge in [-0.1, -0.05) is 62.4 Å². The van der Waals surface area contributed by atoms with Gasteiger partial charge in [0.15, 0.2) is 0 Å². The molecule has 1 saturated heterocycles. The van der Waals surface area contributed by atoms with Crippen molar-refractivity contribution in [1.29, 1.82) is 0 Å². The molecule has 2 amide bonds. The molecule has 0 aliphatic carbocycles. The average Bonchev–Trinajstić information content (AvgIpc) is 3.15. The van der Waals surface area contributed by atoms with Crippen molar-refractivity contribution in [2.24, 2.45) is 0 Å². The van der Waals surface area contributed by atoms with Crippen LogP contribution in [0, 0.1) is 0 Å². The molecule has 1 heterocycles. The Morgan fingerprint density at radius 3 is 2.44 bits per heavy atom. The molecular weight excluding hydrogens is 428 g/mol. The lowest BCUT2D eigenvalue weighted by molar-refractivity contribution is -0.117. The van der Waals surface area contributed by atoms with E-state index in [4.69, 9.17) is 9.47 Å². The molecule has 4 rings (SSSR count). The Hall–Kier alpha value is -4.06. The summed E-state index contributed by atoms with van der Waals surface area (Å²) in [5, 5.41) is 1.25. The highest BCUT2D eigenvalue weighted by molar-refractivity contribution is 6.31. The first kappa shape index (κ1) is 23.1. The third-order valence-corrected chi connectivity index (χ3v) is 5.75. The Labute approximate surface area is 199 Å². The average molecular weight is 457 g/mol. The van der Waals surface area contributed by atoms with Crippen molar-refractivity contribution >= 4 is 23.6 Å². The minimum atomic E-state index is -0.437. The van der Waals surface area contributed by atoms with Gasteiger partial charge in [0.2, 0.25) is 0 Å². The lowest BCUT2D eigenvalue weighted by Gasteiger charge is -2.16. The first-order chi connectivity index (χ1) is 16.6. The van der Waals surface area contributed by atoms with E-state index >= 15 is 0 Å². The van der Waals surface area contributed by atoms with Crippen LogP contribution in [0.4, 0.5) is 5.69 Å². The predicted molar refractivity (Wildman–Crippen MR) is 133 cm³/mol. The number of ether oxygens (including phenoxy) is 2. The number of hydrazine groups is 1. The van der Waals surface area contributed by atoms with Gasteiger partial charge in [-0.3, -0.25) is 15.0 Å². The number of rotatable bonds is 9. The van der Waals surface area contributed by atoms with E-state index in [-0.39, 0.29) is 5.57 Å². The van der Waals surface area contributed by atoms with Gasteiger partial charge in [0, 0.05) is 0 Å². The summed E-state index contributed by atoms with van der Waals surface area (Å²) in [5.74, 6) is 1.12. The van der Waals surface area contributed by atoms with Crippen molar-refractivity contribution in [1.82, 2.24) is 5.43 Å².